The van der Waals surface area contributed by atoms with E-state index in [9.17, 15) is 15.2 Å². The van der Waals surface area contributed by atoms with Crippen LogP contribution in [0.4, 0.5) is 5.69 Å². The third kappa shape index (κ3) is 3.23. The molecule has 0 radical (unpaired) electrons. The zero-order valence-corrected chi connectivity index (χ0v) is 12.8. The molecule has 100 valence electrons. The SMILES string of the molecule is C[C@H](O)c1cc([N+](=O)[O-])c(Oc2ccccc2I)s1. The average Bonchev–Trinajstić information content (AvgIpc) is 2.76. The van der Waals surface area contributed by atoms with E-state index in [-0.39, 0.29) is 10.8 Å². The van der Waals surface area contributed by atoms with Gasteiger partial charge in [-0.05, 0) is 41.6 Å². The molecule has 1 heterocycles. The zero-order chi connectivity index (χ0) is 14.0. The van der Waals surface area contributed by atoms with Crippen LogP contribution in [0.3, 0.4) is 0 Å². The minimum absolute atomic E-state index is 0.124. The predicted molar refractivity (Wildman–Crippen MR) is 80.8 cm³/mol. The van der Waals surface area contributed by atoms with Crippen LogP contribution < -0.4 is 4.74 Å². The summed E-state index contributed by atoms with van der Waals surface area (Å²) in [6.07, 6.45) is -0.754. The van der Waals surface area contributed by atoms with E-state index < -0.39 is 11.0 Å². The Balaban J connectivity index is 2.39. The van der Waals surface area contributed by atoms with Gasteiger partial charge in [0, 0.05) is 10.9 Å². The maximum atomic E-state index is 11.0. The summed E-state index contributed by atoms with van der Waals surface area (Å²) in [6, 6.07) is 8.60. The Morgan fingerprint density at radius 2 is 2.16 bits per heavy atom. The Hall–Kier alpha value is -1.19. The highest BCUT2D eigenvalue weighted by Gasteiger charge is 2.23. The summed E-state index contributed by atoms with van der Waals surface area (Å²) in [6.45, 7) is 1.56. The van der Waals surface area contributed by atoms with Crippen LogP contribution in [-0.2, 0) is 0 Å². The van der Waals surface area contributed by atoms with E-state index in [0.29, 0.717) is 10.6 Å². The molecule has 0 saturated carbocycles. The van der Waals surface area contributed by atoms with Crippen LogP contribution >= 0.6 is 33.9 Å². The van der Waals surface area contributed by atoms with Gasteiger partial charge in [0.1, 0.15) is 5.75 Å². The van der Waals surface area contributed by atoms with Crippen molar-refractivity contribution in [3.05, 3.63) is 48.9 Å². The highest BCUT2D eigenvalue weighted by molar-refractivity contribution is 14.1. The number of aliphatic hydroxyl groups is 1. The Labute approximate surface area is 127 Å². The molecule has 0 unspecified atom stereocenters. The number of ether oxygens (including phenoxy) is 1. The molecule has 1 aromatic heterocycles. The van der Waals surface area contributed by atoms with Gasteiger partial charge in [-0.25, -0.2) is 0 Å². The lowest BCUT2D eigenvalue weighted by atomic mass is 10.3. The van der Waals surface area contributed by atoms with Gasteiger partial charge in [-0.15, -0.1) is 0 Å². The van der Waals surface area contributed by atoms with Gasteiger partial charge in [0.2, 0.25) is 0 Å². The van der Waals surface area contributed by atoms with Gasteiger partial charge in [0.15, 0.2) is 0 Å². The highest BCUT2D eigenvalue weighted by atomic mass is 127. The van der Waals surface area contributed by atoms with Crippen LogP contribution in [-0.4, -0.2) is 10.0 Å². The van der Waals surface area contributed by atoms with Gasteiger partial charge < -0.3 is 9.84 Å². The fraction of sp³-hybridized carbons (Fsp3) is 0.167. The molecule has 5 nitrogen and oxygen atoms in total. The molecular formula is C12H10INO4S. The molecule has 0 aliphatic carbocycles. The van der Waals surface area contributed by atoms with Gasteiger partial charge in [-0.2, -0.15) is 0 Å². The third-order valence-corrected chi connectivity index (χ3v) is 4.41. The number of benzene rings is 1. The van der Waals surface area contributed by atoms with Gasteiger partial charge in [-0.3, -0.25) is 10.1 Å². The standard InChI is InChI=1S/C12H10INO4S/c1-7(15)11-6-9(14(16)17)12(19-11)18-10-5-3-2-4-8(10)13/h2-7,15H,1H3/t7-/m0/s1. The second-order valence-electron chi connectivity index (χ2n) is 3.79. The molecule has 2 rings (SSSR count). The first-order chi connectivity index (χ1) is 8.99. The molecular weight excluding hydrogens is 381 g/mol. The lowest BCUT2D eigenvalue weighted by molar-refractivity contribution is -0.385. The molecule has 1 atom stereocenters. The van der Waals surface area contributed by atoms with Crippen molar-refractivity contribution in [1.29, 1.82) is 0 Å². The van der Waals surface area contributed by atoms with E-state index in [4.69, 9.17) is 4.74 Å². The summed E-state index contributed by atoms with van der Waals surface area (Å²) in [5, 5.41) is 20.7. The molecule has 1 N–H and O–H groups in total. The highest BCUT2D eigenvalue weighted by Crippen LogP contribution is 2.42. The Morgan fingerprint density at radius 3 is 2.74 bits per heavy atom. The van der Waals surface area contributed by atoms with Crippen LogP contribution in [0, 0.1) is 13.7 Å². The van der Waals surface area contributed by atoms with E-state index in [1.54, 1.807) is 19.1 Å². The van der Waals surface area contributed by atoms with Crippen LogP contribution in [0.2, 0.25) is 0 Å². The summed E-state index contributed by atoms with van der Waals surface area (Å²) in [5.41, 5.74) is -0.124. The van der Waals surface area contributed by atoms with E-state index in [1.807, 2.05) is 12.1 Å². The van der Waals surface area contributed by atoms with Crippen molar-refractivity contribution in [2.75, 3.05) is 0 Å². The van der Waals surface area contributed by atoms with Crippen molar-refractivity contribution >= 4 is 39.6 Å². The maximum absolute atomic E-state index is 11.0. The van der Waals surface area contributed by atoms with Gasteiger partial charge in [-0.1, -0.05) is 23.5 Å². The number of para-hydroxylation sites is 1. The molecule has 0 amide bonds. The Bertz CT molecular complexity index is 612. The Kier molecular flexibility index (Phi) is 4.38. The summed E-state index contributed by atoms with van der Waals surface area (Å²) >= 11 is 3.18. The predicted octanol–water partition coefficient (Wildman–Crippen LogP) is 4.11. The largest absolute Gasteiger partial charge is 0.439 e. The van der Waals surface area contributed by atoms with Gasteiger partial charge >= 0.3 is 5.69 Å². The molecule has 2 aromatic rings. The summed E-state index contributed by atoms with van der Waals surface area (Å²) in [4.78, 5) is 11.0. The second-order valence-corrected chi connectivity index (χ2v) is 6.00. The number of halogens is 1. The smallest absolute Gasteiger partial charge is 0.323 e. The normalized spacial score (nSPS) is 12.2. The van der Waals surface area contributed by atoms with Crippen molar-refractivity contribution in [1.82, 2.24) is 0 Å². The molecule has 0 aliphatic rings. The lowest BCUT2D eigenvalue weighted by Gasteiger charge is -2.04. The van der Waals surface area contributed by atoms with Crippen LogP contribution in [0.1, 0.15) is 17.9 Å². The van der Waals surface area contributed by atoms with E-state index in [1.165, 1.54) is 6.07 Å². The molecule has 0 spiro atoms. The van der Waals surface area contributed by atoms with Gasteiger partial charge in [0.05, 0.1) is 14.6 Å². The van der Waals surface area contributed by atoms with Crippen molar-refractivity contribution in [2.45, 2.75) is 13.0 Å². The minimum atomic E-state index is -0.754. The summed E-state index contributed by atoms with van der Waals surface area (Å²) in [5.74, 6) is 0.560. The summed E-state index contributed by atoms with van der Waals surface area (Å²) in [7, 11) is 0. The molecule has 0 saturated heterocycles. The number of aliphatic hydroxyl groups excluding tert-OH is 1. The van der Waals surface area contributed by atoms with Crippen molar-refractivity contribution in [3.63, 3.8) is 0 Å². The van der Waals surface area contributed by atoms with Crippen molar-refractivity contribution < 1.29 is 14.8 Å². The average molecular weight is 391 g/mol. The number of nitro groups is 1. The van der Waals surface area contributed by atoms with Gasteiger partial charge in [0.25, 0.3) is 5.06 Å². The second kappa shape index (κ2) is 5.85. The number of nitrogens with zero attached hydrogens (tertiary/aromatic N) is 1. The number of hydrogen-bond acceptors (Lipinski definition) is 5. The van der Waals surface area contributed by atoms with E-state index in [0.717, 1.165) is 14.9 Å². The van der Waals surface area contributed by atoms with E-state index >= 15 is 0 Å². The third-order valence-electron chi connectivity index (χ3n) is 2.35. The molecule has 19 heavy (non-hydrogen) atoms. The van der Waals surface area contributed by atoms with Crippen molar-refractivity contribution in [2.24, 2.45) is 0 Å². The topological polar surface area (TPSA) is 72.6 Å². The first-order valence-corrected chi connectivity index (χ1v) is 7.27. The molecule has 0 aliphatic heterocycles. The minimum Gasteiger partial charge on any atom is -0.439 e. The first kappa shape index (κ1) is 14.2. The molecule has 0 fully saturated rings. The fourth-order valence-corrected chi connectivity index (χ4v) is 2.84. The number of thiophene rings is 1. The Morgan fingerprint density at radius 1 is 1.47 bits per heavy atom. The van der Waals surface area contributed by atoms with Crippen LogP contribution in [0.5, 0.6) is 10.8 Å². The number of rotatable bonds is 4. The molecule has 7 heteroatoms. The van der Waals surface area contributed by atoms with Crippen LogP contribution in [0.15, 0.2) is 30.3 Å². The van der Waals surface area contributed by atoms with Crippen molar-refractivity contribution in [3.8, 4) is 10.8 Å². The first-order valence-electron chi connectivity index (χ1n) is 5.37. The number of hydrogen-bond donors (Lipinski definition) is 1. The lowest BCUT2D eigenvalue weighted by Crippen LogP contribution is -1.90. The molecule has 0 bridgehead atoms. The molecule has 1 aromatic carbocycles. The van der Waals surface area contributed by atoms with Crippen LogP contribution in [0.25, 0.3) is 0 Å². The quantitative estimate of drug-likeness (QED) is 0.484. The summed E-state index contributed by atoms with van der Waals surface area (Å²) < 4.78 is 6.45. The zero-order valence-electron chi connectivity index (χ0n) is 9.87. The fourth-order valence-electron chi connectivity index (χ4n) is 1.42. The monoisotopic (exact) mass is 391 g/mol. The maximum Gasteiger partial charge on any atom is 0.323 e. The van der Waals surface area contributed by atoms with E-state index in [2.05, 4.69) is 22.6 Å².